The Morgan fingerprint density at radius 2 is 1.47 bits per heavy atom. The predicted octanol–water partition coefficient (Wildman–Crippen LogP) is 3.70. The van der Waals surface area contributed by atoms with Crippen molar-refractivity contribution in [1.29, 1.82) is 0 Å². The minimum absolute atomic E-state index is 0.00915. The lowest BCUT2D eigenvalue weighted by Crippen LogP contribution is -2.23. The third-order valence-corrected chi connectivity index (χ3v) is 3.01. The first kappa shape index (κ1) is 14.2. The van der Waals surface area contributed by atoms with Crippen molar-refractivity contribution < 1.29 is 0 Å². The van der Waals surface area contributed by atoms with Crippen molar-refractivity contribution in [3.05, 3.63) is 29.1 Å². The molecule has 1 heterocycles. The van der Waals surface area contributed by atoms with Gasteiger partial charge in [0.25, 0.3) is 0 Å². The molecule has 0 aliphatic rings. The Balaban J connectivity index is 3.43. The van der Waals surface area contributed by atoms with Gasteiger partial charge in [-0.05, 0) is 34.9 Å². The van der Waals surface area contributed by atoms with Crippen LogP contribution in [0.15, 0.2) is 12.3 Å². The van der Waals surface area contributed by atoms with E-state index in [4.69, 9.17) is 5.73 Å². The molecule has 1 aromatic rings. The number of nitrogens with zero attached hydrogens (tertiary/aromatic N) is 1. The summed E-state index contributed by atoms with van der Waals surface area (Å²) in [5.74, 6) is 0. The molecule has 0 aliphatic carbocycles. The summed E-state index contributed by atoms with van der Waals surface area (Å²) < 4.78 is 0. The zero-order valence-electron chi connectivity index (χ0n) is 12.3. The average Bonchev–Trinajstić information content (AvgIpc) is 2.14. The van der Waals surface area contributed by atoms with Gasteiger partial charge in [-0.3, -0.25) is 4.98 Å². The fourth-order valence-electron chi connectivity index (χ4n) is 1.94. The molecule has 1 unspecified atom stereocenters. The van der Waals surface area contributed by atoms with Crippen LogP contribution < -0.4 is 5.73 Å². The molecule has 1 aromatic heterocycles. The Kier molecular flexibility index (Phi) is 3.68. The van der Waals surface area contributed by atoms with E-state index in [-0.39, 0.29) is 16.9 Å². The van der Waals surface area contributed by atoms with Crippen LogP contribution in [0.3, 0.4) is 0 Å². The lowest BCUT2D eigenvalue weighted by atomic mass is 9.76. The topological polar surface area (TPSA) is 38.9 Å². The molecule has 1 rings (SSSR count). The summed E-state index contributed by atoms with van der Waals surface area (Å²) in [4.78, 5) is 4.49. The second-order valence-corrected chi connectivity index (χ2v) is 6.94. The molecule has 2 nitrogen and oxygen atoms in total. The Morgan fingerprint density at radius 1 is 1.00 bits per heavy atom. The Labute approximate surface area is 106 Å². The number of hydrogen-bond acceptors (Lipinski definition) is 2. The van der Waals surface area contributed by atoms with Gasteiger partial charge >= 0.3 is 0 Å². The van der Waals surface area contributed by atoms with Crippen LogP contribution in [0.2, 0.25) is 0 Å². The number of rotatable bonds is 1. The van der Waals surface area contributed by atoms with E-state index in [1.54, 1.807) is 0 Å². The molecule has 0 fully saturated rings. The first-order valence-corrected chi connectivity index (χ1v) is 6.30. The van der Waals surface area contributed by atoms with Crippen molar-refractivity contribution in [2.45, 2.75) is 65.3 Å². The molecule has 2 heteroatoms. The molecular formula is C15H26N2. The smallest absolute Gasteiger partial charge is 0.0571 e. The van der Waals surface area contributed by atoms with E-state index in [1.165, 1.54) is 11.1 Å². The molecule has 17 heavy (non-hydrogen) atoms. The summed E-state index contributed by atoms with van der Waals surface area (Å²) in [6.07, 6.45) is 2.00. The van der Waals surface area contributed by atoms with Crippen LogP contribution in [0, 0.1) is 0 Å². The summed E-state index contributed by atoms with van der Waals surface area (Å²) in [7, 11) is 0. The van der Waals surface area contributed by atoms with Gasteiger partial charge in [0.2, 0.25) is 0 Å². The van der Waals surface area contributed by atoms with Gasteiger partial charge in [0, 0.05) is 12.2 Å². The van der Waals surface area contributed by atoms with Crippen molar-refractivity contribution in [2.75, 3.05) is 0 Å². The first-order chi connectivity index (χ1) is 7.53. The highest BCUT2D eigenvalue weighted by atomic mass is 14.8. The van der Waals surface area contributed by atoms with Gasteiger partial charge in [-0.1, -0.05) is 41.5 Å². The van der Waals surface area contributed by atoms with E-state index in [1.807, 2.05) is 13.1 Å². The van der Waals surface area contributed by atoms with Crippen LogP contribution in [0.5, 0.6) is 0 Å². The highest BCUT2D eigenvalue weighted by Crippen LogP contribution is 2.34. The lowest BCUT2D eigenvalue weighted by Gasteiger charge is -2.30. The first-order valence-electron chi connectivity index (χ1n) is 6.30. The van der Waals surface area contributed by atoms with Crippen LogP contribution in [0.4, 0.5) is 0 Å². The molecule has 1 atom stereocenters. The van der Waals surface area contributed by atoms with Gasteiger partial charge in [-0.2, -0.15) is 0 Å². The second-order valence-electron chi connectivity index (χ2n) is 6.94. The molecule has 2 N–H and O–H groups in total. The van der Waals surface area contributed by atoms with E-state index in [9.17, 15) is 0 Å². The SMILES string of the molecule is CC(N)c1cc(C(C)(C)C)c(C(C)(C)C)cn1. The number of hydrogen-bond donors (Lipinski definition) is 1. The third-order valence-electron chi connectivity index (χ3n) is 3.01. The average molecular weight is 234 g/mol. The van der Waals surface area contributed by atoms with Crippen LogP contribution in [0.1, 0.15) is 71.3 Å². The van der Waals surface area contributed by atoms with E-state index >= 15 is 0 Å². The number of aromatic nitrogens is 1. The number of nitrogens with two attached hydrogens (primary N) is 1. The molecule has 0 saturated carbocycles. The summed E-state index contributed by atoms with van der Waals surface area (Å²) in [6, 6.07) is 2.16. The molecule has 0 saturated heterocycles. The number of pyridine rings is 1. The largest absolute Gasteiger partial charge is 0.323 e. The van der Waals surface area contributed by atoms with Gasteiger partial charge in [-0.15, -0.1) is 0 Å². The van der Waals surface area contributed by atoms with Gasteiger partial charge in [0.1, 0.15) is 0 Å². The summed E-state index contributed by atoms with van der Waals surface area (Å²) in [5, 5.41) is 0. The quantitative estimate of drug-likeness (QED) is 0.804. The molecule has 0 aliphatic heterocycles. The lowest BCUT2D eigenvalue weighted by molar-refractivity contribution is 0.524. The minimum atomic E-state index is -0.00915. The molecule has 96 valence electrons. The Bertz CT molecular complexity index is 392. The summed E-state index contributed by atoms with van der Waals surface area (Å²) in [6.45, 7) is 15.4. The van der Waals surface area contributed by atoms with E-state index in [0.717, 1.165) is 5.69 Å². The van der Waals surface area contributed by atoms with Gasteiger partial charge in [-0.25, -0.2) is 0 Å². The standard InChI is InChI=1S/C15H26N2/c1-10(16)13-8-11(14(2,3)4)12(9-17-13)15(5,6)7/h8-10H,16H2,1-7H3. The summed E-state index contributed by atoms with van der Waals surface area (Å²) >= 11 is 0. The maximum Gasteiger partial charge on any atom is 0.0571 e. The van der Waals surface area contributed by atoms with Crippen LogP contribution >= 0.6 is 0 Å². The van der Waals surface area contributed by atoms with Crippen molar-refractivity contribution >= 4 is 0 Å². The van der Waals surface area contributed by atoms with Gasteiger partial charge in [0.05, 0.1) is 5.69 Å². The summed E-state index contributed by atoms with van der Waals surface area (Å²) in [5.41, 5.74) is 9.80. The van der Waals surface area contributed by atoms with Crippen molar-refractivity contribution in [2.24, 2.45) is 5.73 Å². The van der Waals surface area contributed by atoms with Gasteiger partial charge < -0.3 is 5.73 Å². The fourth-order valence-corrected chi connectivity index (χ4v) is 1.94. The molecular weight excluding hydrogens is 208 g/mol. The highest BCUT2D eigenvalue weighted by molar-refractivity contribution is 5.37. The minimum Gasteiger partial charge on any atom is -0.323 e. The van der Waals surface area contributed by atoms with E-state index < -0.39 is 0 Å². The second kappa shape index (κ2) is 4.41. The monoisotopic (exact) mass is 234 g/mol. The predicted molar refractivity (Wildman–Crippen MR) is 74.2 cm³/mol. The Hall–Kier alpha value is -0.890. The van der Waals surface area contributed by atoms with Crippen molar-refractivity contribution in [3.8, 4) is 0 Å². The third kappa shape index (κ3) is 3.29. The van der Waals surface area contributed by atoms with Crippen LogP contribution in [0.25, 0.3) is 0 Å². The molecule has 0 aromatic carbocycles. The molecule has 0 spiro atoms. The van der Waals surface area contributed by atoms with Crippen LogP contribution in [-0.4, -0.2) is 4.98 Å². The molecule has 0 bridgehead atoms. The maximum atomic E-state index is 5.92. The zero-order chi connectivity index (χ0) is 13.4. The van der Waals surface area contributed by atoms with Crippen LogP contribution in [-0.2, 0) is 10.8 Å². The Morgan fingerprint density at radius 3 is 1.82 bits per heavy atom. The zero-order valence-corrected chi connectivity index (χ0v) is 12.3. The maximum absolute atomic E-state index is 5.92. The van der Waals surface area contributed by atoms with E-state index in [0.29, 0.717) is 0 Å². The molecule has 0 radical (unpaired) electrons. The van der Waals surface area contributed by atoms with Gasteiger partial charge in [0.15, 0.2) is 0 Å². The van der Waals surface area contributed by atoms with E-state index in [2.05, 4.69) is 52.6 Å². The molecule has 0 amide bonds. The van der Waals surface area contributed by atoms with Crippen molar-refractivity contribution in [3.63, 3.8) is 0 Å². The highest BCUT2D eigenvalue weighted by Gasteiger charge is 2.26. The normalized spacial score (nSPS) is 14.8. The van der Waals surface area contributed by atoms with Crippen molar-refractivity contribution in [1.82, 2.24) is 4.98 Å². The fraction of sp³-hybridized carbons (Fsp3) is 0.667.